The fourth-order valence-electron chi connectivity index (χ4n) is 2.21. The number of amides is 2. The molecule has 124 valence electrons. The molecule has 0 saturated carbocycles. The van der Waals surface area contributed by atoms with Crippen molar-refractivity contribution in [3.8, 4) is 0 Å². The molecule has 1 atom stereocenters. The Morgan fingerprint density at radius 1 is 1.00 bits per heavy atom. The number of carboxylic acids is 1. The number of hydrogen-bond donors (Lipinski definition) is 3. The van der Waals surface area contributed by atoms with Crippen LogP contribution in [0.3, 0.4) is 0 Å². The quantitative estimate of drug-likeness (QED) is 0.538. The number of aliphatic carboxylic acids is 1. The molecule has 0 aromatic carbocycles. The van der Waals surface area contributed by atoms with Crippen LogP contribution < -0.4 is 10.6 Å². The first-order valence-electron chi connectivity index (χ1n) is 7.76. The van der Waals surface area contributed by atoms with Gasteiger partial charge in [-0.05, 0) is 40.5 Å². The van der Waals surface area contributed by atoms with Crippen LogP contribution in [0, 0.1) is 5.92 Å². The molecule has 6 nitrogen and oxygen atoms in total. The summed E-state index contributed by atoms with van der Waals surface area (Å²) in [5, 5.41) is 14.3. The fraction of sp³-hybridized carbons (Fsp3) is 0.867. The van der Waals surface area contributed by atoms with E-state index in [4.69, 9.17) is 5.11 Å². The van der Waals surface area contributed by atoms with Gasteiger partial charge in [-0.3, -0.25) is 9.69 Å². The minimum absolute atomic E-state index is 0.189. The smallest absolute Gasteiger partial charge is 0.314 e. The Balaban J connectivity index is 3.74. The third-order valence-electron chi connectivity index (χ3n) is 3.50. The minimum Gasteiger partial charge on any atom is -0.481 e. The van der Waals surface area contributed by atoms with Crippen molar-refractivity contribution in [3.05, 3.63) is 0 Å². The van der Waals surface area contributed by atoms with E-state index in [-0.39, 0.29) is 11.9 Å². The van der Waals surface area contributed by atoms with Crippen LogP contribution in [0.4, 0.5) is 4.79 Å². The largest absolute Gasteiger partial charge is 0.481 e. The van der Waals surface area contributed by atoms with E-state index in [9.17, 15) is 9.59 Å². The number of urea groups is 1. The highest BCUT2D eigenvalue weighted by molar-refractivity contribution is 5.73. The molecular weight excluding hydrogens is 270 g/mol. The molecule has 0 aliphatic carbocycles. The maximum Gasteiger partial charge on any atom is 0.314 e. The first-order valence-corrected chi connectivity index (χ1v) is 7.76. The Morgan fingerprint density at radius 3 is 2.00 bits per heavy atom. The first kappa shape index (κ1) is 19.7. The molecular formula is C15H31N3O3. The number of rotatable bonds is 10. The maximum absolute atomic E-state index is 11.6. The van der Waals surface area contributed by atoms with E-state index in [1.54, 1.807) is 6.92 Å². The number of carbonyl (C=O) groups excluding carboxylic acids is 1. The molecule has 0 bridgehead atoms. The van der Waals surface area contributed by atoms with Crippen LogP contribution in [-0.2, 0) is 4.79 Å². The van der Waals surface area contributed by atoms with Crippen LogP contribution >= 0.6 is 0 Å². The van der Waals surface area contributed by atoms with Crippen molar-refractivity contribution in [2.75, 3.05) is 19.6 Å². The molecule has 1 unspecified atom stereocenters. The molecule has 0 aromatic heterocycles. The number of hydrogen-bond acceptors (Lipinski definition) is 3. The predicted octanol–water partition coefficient (Wildman–Crippen LogP) is 1.91. The van der Waals surface area contributed by atoms with Gasteiger partial charge < -0.3 is 15.7 Å². The molecule has 3 N–H and O–H groups in total. The number of nitrogens with zero attached hydrogens (tertiary/aromatic N) is 1. The lowest BCUT2D eigenvalue weighted by Crippen LogP contribution is -2.44. The molecule has 0 radical (unpaired) electrons. The van der Waals surface area contributed by atoms with Gasteiger partial charge >= 0.3 is 12.0 Å². The molecule has 21 heavy (non-hydrogen) atoms. The van der Waals surface area contributed by atoms with E-state index in [2.05, 4.69) is 43.2 Å². The second-order valence-electron chi connectivity index (χ2n) is 5.99. The van der Waals surface area contributed by atoms with Gasteiger partial charge in [-0.2, -0.15) is 0 Å². The molecule has 0 aliphatic heterocycles. The van der Waals surface area contributed by atoms with Crippen LogP contribution in [0.25, 0.3) is 0 Å². The molecule has 0 fully saturated rings. The Hall–Kier alpha value is -1.30. The molecule has 0 heterocycles. The van der Waals surface area contributed by atoms with Gasteiger partial charge in [-0.1, -0.05) is 6.92 Å². The van der Waals surface area contributed by atoms with Crippen molar-refractivity contribution in [1.82, 2.24) is 15.5 Å². The van der Waals surface area contributed by atoms with E-state index in [0.29, 0.717) is 38.0 Å². The van der Waals surface area contributed by atoms with Gasteiger partial charge in [0.05, 0.1) is 5.92 Å². The highest BCUT2D eigenvalue weighted by Crippen LogP contribution is 2.04. The van der Waals surface area contributed by atoms with Gasteiger partial charge in [0.25, 0.3) is 0 Å². The zero-order chi connectivity index (χ0) is 16.4. The summed E-state index contributed by atoms with van der Waals surface area (Å²) in [5.74, 6) is -1.15. The molecule has 0 saturated heterocycles. The van der Waals surface area contributed by atoms with Crippen LogP contribution in [0.15, 0.2) is 0 Å². The molecule has 0 aliphatic rings. The summed E-state index contributed by atoms with van der Waals surface area (Å²) in [4.78, 5) is 24.5. The van der Waals surface area contributed by atoms with E-state index < -0.39 is 5.97 Å². The standard InChI is InChI=1S/C15H31N3O3/c1-11(2)18(12(3)4)10-9-17-15(21)16-8-6-7-13(5)14(19)20/h11-13H,6-10H2,1-5H3,(H,19,20)(H2,16,17,21). The molecule has 6 heteroatoms. The van der Waals surface area contributed by atoms with Gasteiger partial charge in [0.1, 0.15) is 0 Å². The van der Waals surface area contributed by atoms with Crippen molar-refractivity contribution in [2.45, 2.75) is 59.5 Å². The van der Waals surface area contributed by atoms with Gasteiger partial charge in [-0.15, -0.1) is 0 Å². The van der Waals surface area contributed by atoms with Crippen molar-refractivity contribution in [1.29, 1.82) is 0 Å². The van der Waals surface area contributed by atoms with Gasteiger partial charge in [0, 0.05) is 31.7 Å². The van der Waals surface area contributed by atoms with Gasteiger partial charge in [-0.25, -0.2) is 4.79 Å². The first-order chi connectivity index (χ1) is 9.75. The van der Waals surface area contributed by atoms with Crippen LogP contribution in [0.5, 0.6) is 0 Å². The summed E-state index contributed by atoms with van der Waals surface area (Å²) < 4.78 is 0. The van der Waals surface area contributed by atoms with Crippen molar-refractivity contribution in [3.63, 3.8) is 0 Å². The molecule has 0 spiro atoms. The molecule has 2 amide bonds. The Labute approximate surface area is 128 Å². The monoisotopic (exact) mass is 301 g/mol. The highest BCUT2D eigenvalue weighted by atomic mass is 16.4. The fourth-order valence-corrected chi connectivity index (χ4v) is 2.21. The average Bonchev–Trinajstić information content (AvgIpc) is 2.38. The van der Waals surface area contributed by atoms with Crippen LogP contribution in [-0.4, -0.2) is 53.7 Å². The lowest BCUT2D eigenvalue weighted by molar-refractivity contribution is -0.141. The van der Waals surface area contributed by atoms with E-state index in [1.807, 2.05) is 0 Å². The molecule has 0 rings (SSSR count). The topological polar surface area (TPSA) is 81.7 Å². The summed E-state index contributed by atoms with van der Waals surface area (Å²) in [6.07, 6.45) is 1.25. The Kier molecular flexibility index (Phi) is 9.78. The minimum atomic E-state index is -0.790. The van der Waals surface area contributed by atoms with Crippen LogP contribution in [0.2, 0.25) is 0 Å². The summed E-state index contributed by atoms with van der Waals surface area (Å²) >= 11 is 0. The summed E-state index contributed by atoms with van der Waals surface area (Å²) in [7, 11) is 0. The molecule has 0 aromatic rings. The maximum atomic E-state index is 11.6. The highest BCUT2D eigenvalue weighted by Gasteiger charge is 2.13. The van der Waals surface area contributed by atoms with E-state index in [0.717, 1.165) is 6.54 Å². The van der Waals surface area contributed by atoms with Crippen molar-refractivity contribution < 1.29 is 14.7 Å². The zero-order valence-electron chi connectivity index (χ0n) is 14.0. The van der Waals surface area contributed by atoms with Gasteiger partial charge in [0.15, 0.2) is 0 Å². The normalized spacial score (nSPS) is 12.8. The van der Waals surface area contributed by atoms with Gasteiger partial charge in [0.2, 0.25) is 0 Å². The summed E-state index contributed by atoms with van der Waals surface area (Å²) in [6.45, 7) is 12.2. The zero-order valence-corrected chi connectivity index (χ0v) is 14.0. The third-order valence-corrected chi connectivity index (χ3v) is 3.50. The third kappa shape index (κ3) is 9.28. The average molecular weight is 301 g/mol. The number of carbonyl (C=O) groups is 2. The van der Waals surface area contributed by atoms with Crippen molar-refractivity contribution >= 4 is 12.0 Å². The second kappa shape index (κ2) is 10.4. The Morgan fingerprint density at radius 2 is 1.52 bits per heavy atom. The summed E-state index contributed by atoms with van der Waals surface area (Å²) in [5.41, 5.74) is 0. The lowest BCUT2D eigenvalue weighted by Gasteiger charge is -2.30. The van der Waals surface area contributed by atoms with Crippen LogP contribution in [0.1, 0.15) is 47.5 Å². The van der Waals surface area contributed by atoms with E-state index in [1.165, 1.54) is 0 Å². The van der Waals surface area contributed by atoms with Crippen molar-refractivity contribution in [2.24, 2.45) is 5.92 Å². The SMILES string of the molecule is CC(CCCNC(=O)NCCN(C(C)C)C(C)C)C(=O)O. The summed E-state index contributed by atoms with van der Waals surface area (Å²) in [6, 6.07) is 0.713. The Bertz CT molecular complexity index is 311. The number of carboxylic acid groups (broad SMARTS) is 1. The second-order valence-corrected chi connectivity index (χ2v) is 5.99. The lowest BCUT2D eigenvalue weighted by atomic mass is 10.1. The number of nitrogens with one attached hydrogen (secondary N) is 2. The van der Waals surface area contributed by atoms with E-state index >= 15 is 0 Å². The predicted molar refractivity (Wildman–Crippen MR) is 84.4 cm³/mol.